The number of fused-ring (bicyclic) bond motifs is 1. The Morgan fingerprint density at radius 3 is 2.89 bits per heavy atom. The number of aromatic nitrogens is 3. The lowest BCUT2D eigenvalue weighted by atomic mass is 10.2. The lowest BCUT2D eigenvalue weighted by Crippen LogP contribution is -2.33. The summed E-state index contributed by atoms with van der Waals surface area (Å²) < 4.78 is 24.5. The van der Waals surface area contributed by atoms with Gasteiger partial charge < -0.3 is 9.88 Å². The van der Waals surface area contributed by atoms with Crippen molar-refractivity contribution in [3.63, 3.8) is 0 Å². The van der Waals surface area contributed by atoms with E-state index in [2.05, 4.69) is 20.1 Å². The quantitative estimate of drug-likeness (QED) is 0.825. The lowest BCUT2D eigenvalue weighted by molar-refractivity contribution is 0.486. The van der Waals surface area contributed by atoms with Gasteiger partial charge in [-0.05, 0) is 19.8 Å². The number of nitrogens with one attached hydrogen (secondary N) is 1. The van der Waals surface area contributed by atoms with Crippen molar-refractivity contribution in [3.05, 3.63) is 11.6 Å². The lowest BCUT2D eigenvalue weighted by Gasteiger charge is -2.16. The standard InChI is InChI=1S/C11H20N4O2S/c1-9(8-18(2,16)17)12-7-11-14-13-10-5-3-4-6-15(10)11/h9,12H,3-8H2,1-2H3. The highest BCUT2D eigenvalue weighted by molar-refractivity contribution is 7.90. The number of hydrogen-bond donors (Lipinski definition) is 1. The number of nitrogens with zero attached hydrogens (tertiary/aromatic N) is 3. The van der Waals surface area contributed by atoms with Crippen molar-refractivity contribution in [2.45, 2.75) is 45.3 Å². The maximum atomic E-state index is 11.2. The zero-order valence-electron chi connectivity index (χ0n) is 10.9. The fourth-order valence-corrected chi connectivity index (χ4v) is 3.30. The largest absolute Gasteiger partial charge is 0.314 e. The van der Waals surface area contributed by atoms with E-state index >= 15 is 0 Å². The molecule has 0 aromatic carbocycles. The Bertz CT molecular complexity index is 509. The molecule has 2 heterocycles. The van der Waals surface area contributed by atoms with E-state index in [-0.39, 0.29) is 11.8 Å². The molecule has 0 aliphatic carbocycles. The van der Waals surface area contributed by atoms with Crippen molar-refractivity contribution < 1.29 is 8.42 Å². The second-order valence-electron chi connectivity index (χ2n) is 5.02. The number of hydrogen-bond acceptors (Lipinski definition) is 5. The molecule has 18 heavy (non-hydrogen) atoms. The molecule has 0 radical (unpaired) electrons. The maximum absolute atomic E-state index is 11.2. The van der Waals surface area contributed by atoms with E-state index in [1.807, 2.05) is 6.92 Å². The van der Waals surface area contributed by atoms with Gasteiger partial charge in [-0.1, -0.05) is 0 Å². The second-order valence-corrected chi connectivity index (χ2v) is 7.20. The van der Waals surface area contributed by atoms with Gasteiger partial charge in [0.2, 0.25) is 0 Å². The average Bonchev–Trinajstić information content (AvgIpc) is 2.67. The van der Waals surface area contributed by atoms with Crippen LogP contribution in [-0.2, 0) is 29.3 Å². The first-order chi connectivity index (χ1) is 8.46. The van der Waals surface area contributed by atoms with E-state index in [0.29, 0.717) is 6.54 Å². The topological polar surface area (TPSA) is 76.9 Å². The Kier molecular flexibility index (Phi) is 4.01. The predicted octanol–water partition coefficient (Wildman–Crippen LogP) is 0.137. The Balaban J connectivity index is 1.92. The fourth-order valence-electron chi connectivity index (χ4n) is 2.28. The maximum Gasteiger partial charge on any atom is 0.148 e. The van der Waals surface area contributed by atoms with Crippen molar-refractivity contribution in [1.29, 1.82) is 0 Å². The molecule has 0 saturated heterocycles. The Morgan fingerprint density at radius 2 is 2.17 bits per heavy atom. The molecule has 1 atom stereocenters. The molecule has 7 heteroatoms. The average molecular weight is 272 g/mol. The molecule has 0 spiro atoms. The summed E-state index contributed by atoms with van der Waals surface area (Å²) in [4.78, 5) is 0. The fraction of sp³-hybridized carbons (Fsp3) is 0.818. The summed E-state index contributed by atoms with van der Waals surface area (Å²) in [6.45, 7) is 3.41. The number of rotatable bonds is 5. The summed E-state index contributed by atoms with van der Waals surface area (Å²) in [5, 5.41) is 11.5. The van der Waals surface area contributed by atoms with Crippen LogP contribution in [0.5, 0.6) is 0 Å². The van der Waals surface area contributed by atoms with Crippen LogP contribution in [-0.4, -0.2) is 41.2 Å². The Morgan fingerprint density at radius 1 is 1.39 bits per heavy atom. The second kappa shape index (κ2) is 5.36. The van der Waals surface area contributed by atoms with E-state index in [4.69, 9.17) is 0 Å². The SMILES string of the molecule is CC(CS(C)(=O)=O)NCc1nnc2n1CCCC2. The first kappa shape index (κ1) is 13.5. The van der Waals surface area contributed by atoms with Crippen molar-refractivity contribution in [3.8, 4) is 0 Å². The monoisotopic (exact) mass is 272 g/mol. The molecule has 102 valence electrons. The molecule has 2 rings (SSSR count). The highest BCUT2D eigenvalue weighted by Crippen LogP contribution is 2.14. The summed E-state index contributed by atoms with van der Waals surface area (Å²) in [6, 6.07) is -0.0726. The molecule has 0 bridgehead atoms. The van der Waals surface area contributed by atoms with Gasteiger partial charge in [0, 0.05) is 25.3 Å². The third-order valence-electron chi connectivity index (χ3n) is 3.10. The van der Waals surface area contributed by atoms with Crippen LogP contribution in [0.3, 0.4) is 0 Å². The molecule has 6 nitrogen and oxygen atoms in total. The smallest absolute Gasteiger partial charge is 0.148 e. The molecule has 1 aliphatic rings. The molecule has 0 fully saturated rings. The minimum atomic E-state index is -2.94. The first-order valence-electron chi connectivity index (χ1n) is 6.28. The van der Waals surface area contributed by atoms with E-state index < -0.39 is 9.84 Å². The van der Waals surface area contributed by atoms with Gasteiger partial charge in [0.1, 0.15) is 21.5 Å². The summed E-state index contributed by atoms with van der Waals surface area (Å²) in [6.07, 6.45) is 4.59. The van der Waals surface area contributed by atoms with E-state index in [9.17, 15) is 8.42 Å². The molecule has 1 aromatic rings. The van der Waals surface area contributed by atoms with Gasteiger partial charge in [-0.2, -0.15) is 0 Å². The van der Waals surface area contributed by atoms with Gasteiger partial charge in [0.05, 0.1) is 12.3 Å². The van der Waals surface area contributed by atoms with Gasteiger partial charge in [0.25, 0.3) is 0 Å². The van der Waals surface area contributed by atoms with Crippen molar-refractivity contribution >= 4 is 9.84 Å². The molecule has 1 aromatic heterocycles. The van der Waals surface area contributed by atoms with Crippen LogP contribution in [0.2, 0.25) is 0 Å². The Labute approximate surface area is 108 Å². The van der Waals surface area contributed by atoms with Crippen LogP contribution in [0.4, 0.5) is 0 Å². The predicted molar refractivity (Wildman–Crippen MR) is 69.0 cm³/mol. The van der Waals surface area contributed by atoms with Crippen molar-refractivity contribution in [2.24, 2.45) is 0 Å². The molecule has 1 N–H and O–H groups in total. The van der Waals surface area contributed by atoms with Crippen LogP contribution in [0, 0.1) is 0 Å². The van der Waals surface area contributed by atoms with Crippen LogP contribution in [0.1, 0.15) is 31.4 Å². The third-order valence-corrected chi connectivity index (χ3v) is 4.20. The van der Waals surface area contributed by atoms with E-state index in [0.717, 1.165) is 31.0 Å². The van der Waals surface area contributed by atoms with Crippen LogP contribution in [0.25, 0.3) is 0 Å². The van der Waals surface area contributed by atoms with Crippen LogP contribution in [0.15, 0.2) is 0 Å². The molecular formula is C11H20N4O2S. The molecular weight excluding hydrogens is 252 g/mol. The van der Waals surface area contributed by atoms with Gasteiger partial charge in [-0.25, -0.2) is 8.42 Å². The summed E-state index contributed by atoms with van der Waals surface area (Å²) >= 11 is 0. The van der Waals surface area contributed by atoms with Crippen LogP contribution < -0.4 is 5.32 Å². The first-order valence-corrected chi connectivity index (χ1v) is 8.34. The van der Waals surface area contributed by atoms with Gasteiger partial charge in [-0.15, -0.1) is 10.2 Å². The Hall–Kier alpha value is -0.950. The van der Waals surface area contributed by atoms with Crippen LogP contribution >= 0.6 is 0 Å². The van der Waals surface area contributed by atoms with Crippen molar-refractivity contribution in [2.75, 3.05) is 12.0 Å². The molecule has 1 unspecified atom stereocenters. The minimum absolute atomic E-state index is 0.0726. The number of aryl methyl sites for hydroxylation is 1. The third kappa shape index (κ3) is 3.52. The van der Waals surface area contributed by atoms with E-state index in [1.54, 1.807) is 0 Å². The van der Waals surface area contributed by atoms with E-state index in [1.165, 1.54) is 12.7 Å². The van der Waals surface area contributed by atoms with Gasteiger partial charge in [0.15, 0.2) is 0 Å². The highest BCUT2D eigenvalue weighted by atomic mass is 32.2. The molecule has 0 saturated carbocycles. The summed E-state index contributed by atoms with van der Waals surface area (Å²) in [7, 11) is -2.94. The van der Waals surface area contributed by atoms with Gasteiger partial charge in [-0.3, -0.25) is 0 Å². The number of sulfone groups is 1. The zero-order chi connectivity index (χ0) is 13.2. The summed E-state index contributed by atoms with van der Waals surface area (Å²) in [5.41, 5.74) is 0. The van der Waals surface area contributed by atoms with Gasteiger partial charge >= 0.3 is 0 Å². The molecule has 1 aliphatic heterocycles. The zero-order valence-corrected chi connectivity index (χ0v) is 11.7. The normalized spacial score (nSPS) is 17.4. The highest BCUT2D eigenvalue weighted by Gasteiger charge is 2.16. The minimum Gasteiger partial charge on any atom is -0.314 e. The summed E-state index contributed by atoms with van der Waals surface area (Å²) in [5.74, 6) is 2.10. The van der Waals surface area contributed by atoms with Crippen molar-refractivity contribution in [1.82, 2.24) is 20.1 Å². The molecule has 0 amide bonds.